The molecule has 0 aliphatic heterocycles. The summed E-state index contributed by atoms with van der Waals surface area (Å²) in [5.74, 6) is -0.126. The van der Waals surface area contributed by atoms with Crippen LogP contribution in [0, 0.1) is 0 Å². The molecule has 0 aliphatic carbocycles. The molecule has 0 spiro atoms. The number of halogens is 1. The van der Waals surface area contributed by atoms with E-state index < -0.39 is 5.38 Å². The van der Waals surface area contributed by atoms with Crippen molar-refractivity contribution in [1.82, 2.24) is 10.2 Å². The van der Waals surface area contributed by atoms with Gasteiger partial charge in [0, 0.05) is 13.1 Å². The van der Waals surface area contributed by atoms with Gasteiger partial charge in [0.1, 0.15) is 5.38 Å². The Bertz CT molecular complexity index is 403. The van der Waals surface area contributed by atoms with Crippen molar-refractivity contribution in [3.05, 3.63) is 35.4 Å². The van der Waals surface area contributed by atoms with E-state index in [1.54, 1.807) is 6.92 Å². The van der Waals surface area contributed by atoms with Gasteiger partial charge in [-0.3, -0.25) is 9.69 Å². The smallest absolute Gasteiger partial charge is 0.238 e. The van der Waals surface area contributed by atoms with E-state index in [-0.39, 0.29) is 5.91 Å². The quantitative estimate of drug-likeness (QED) is 0.780. The molecule has 1 unspecified atom stereocenters. The molecular weight excluding hydrogens is 260 g/mol. The fourth-order valence-electron chi connectivity index (χ4n) is 1.90. The van der Waals surface area contributed by atoms with Crippen molar-refractivity contribution >= 4 is 17.5 Å². The monoisotopic (exact) mass is 282 g/mol. The zero-order chi connectivity index (χ0) is 14.3. The number of rotatable bonds is 7. The van der Waals surface area contributed by atoms with E-state index in [4.69, 9.17) is 11.6 Å². The summed E-state index contributed by atoms with van der Waals surface area (Å²) in [6, 6.07) is 8.20. The van der Waals surface area contributed by atoms with Crippen LogP contribution in [0.3, 0.4) is 0 Å². The lowest BCUT2D eigenvalue weighted by Crippen LogP contribution is -2.30. The Balaban J connectivity index is 2.70. The van der Waals surface area contributed by atoms with Gasteiger partial charge in [-0.15, -0.1) is 11.6 Å². The van der Waals surface area contributed by atoms with E-state index in [0.29, 0.717) is 6.54 Å². The summed E-state index contributed by atoms with van der Waals surface area (Å²) < 4.78 is 0. The molecule has 1 N–H and O–H groups in total. The number of carbonyl (C=O) groups excluding carboxylic acids is 1. The molecular formula is C15H23ClN2O. The van der Waals surface area contributed by atoms with Gasteiger partial charge < -0.3 is 5.32 Å². The number of amides is 1. The molecule has 1 rings (SSSR count). The summed E-state index contributed by atoms with van der Waals surface area (Å²) in [6.45, 7) is 9.49. The fraction of sp³-hybridized carbons (Fsp3) is 0.533. The highest BCUT2D eigenvalue weighted by Crippen LogP contribution is 2.12. The standard InChI is InChI=1S/C15H23ClN2O/c1-4-18(5-2)11-14-9-7-6-8-13(14)10-17-15(19)12(3)16/h6-9,12H,4-5,10-11H2,1-3H3,(H,17,19). The first kappa shape index (κ1) is 16.0. The largest absolute Gasteiger partial charge is 0.351 e. The molecule has 19 heavy (non-hydrogen) atoms. The van der Waals surface area contributed by atoms with Gasteiger partial charge in [0.2, 0.25) is 5.91 Å². The van der Waals surface area contributed by atoms with Crippen molar-refractivity contribution in [1.29, 1.82) is 0 Å². The third-order valence-electron chi connectivity index (χ3n) is 3.22. The van der Waals surface area contributed by atoms with E-state index in [9.17, 15) is 4.79 Å². The molecule has 0 bridgehead atoms. The lowest BCUT2D eigenvalue weighted by atomic mass is 10.1. The third-order valence-corrected chi connectivity index (χ3v) is 3.42. The Morgan fingerprint density at radius 1 is 1.26 bits per heavy atom. The lowest BCUT2D eigenvalue weighted by molar-refractivity contribution is -0.120. The highest BCUT2D eigenvalue weighted by atomic mass is 35.5. The molecule has 0 fully saturated rings. The van der Waals surface area contributed by atoms with Gasteiger partial charge in [-0.2, -0.15) is 0 Å². The summed E-state index contributed by atoms with van der Waals surface area (Å²) in [5.41, 5.74) is 2.41. The molecule has 0 saturated heterocycles. The van der Waals surface area contributed by atoms with Crippen molar-refractivity contribution in [2.45, 2.75) is 39.2 Å². The van der Waals surface area contributed by atoms with Gasteiger partial charge in [0.15, 0.2) is 0 Å². The van der Waals surface area contributed by atoms with Crippen LogP contribution in [-0.2, 0) is 17.9 Å². The van der Waals surface area contributed by atoms with Gasteiger partial charge in [0.25, 0.3) is 0 Å². The zero-order valence-corrected chi connectivity index (χ0v) is 12.7. The average molecular weight is 283 g/mol. The van der Waals surface area contributed by atoms with Gasteiger partial charge >= 0.3 is 0 Å². The maximum absolute atomic E-state index is 11.5. The maximum atomic E-state index is 11.5. The van der Waals surface area contributed by atoms with E-state index in [0.717, 1.165) is 25.2 Å². The normalized spacial score (nSPS) is 12.5. The Labute approximate surface area is 120 Å². The van der Waals surface area contributed by atoms with Crippen LogP contribution in [0.4, 0.5) is 0 Å². The predicted octanol–water partition coefficient (Wildman–Crippen LogP) is 2.77. The van der Waals surface area contributed by atoms with E-state index >= 15 is 0 Å². The highest BCUT2D eigenvalue weighted by Gasteiger charge is 2.10. The van der Waals surface area contributed by atoms with Crippen molar-refractivity contribution in [2.24, 2.45) is 0 Å². The molecule has 3 nitrogen and oxygen atoms in total. The van der Waals surface area contributed by atoms with Crippen LogP contribution in [0.1, 0.15) is 31.9 Å². The topological polar surface area (TPSA) is 32.3 Å². The molecule has 0 heterocycles. The van der Waals surface area contributed by atoms with Crippen LogP contribution >= 0.6 is 11.6 Å². The molecule has 0 saturated carbocycles. The molecule has 1 atom stereocenters. The molecule has 0 radical (unpaired) electrons. The van der Waals surface area contributed by atoms with Crippen molar-refractivity contribution in [3.63, 3.8) is 0 Å². The van der Waals surface area contributed by atoms with E-state index in [1.165, 1.54) is 5.56 Å². The Hall–Kier alpha value is -1.06. The van der Waals surface area contributed by atoms with Crippen molar-refractivity contribution in [2.75, 3.05) is 13.1 Å². The minimum absolute atomic E-state index is 0.126. The third kappa shape index (κ3) is 5.21. The van der Waals surface area contributed by atoms with Gasteiger partial charge in [-0.1, -0.05) is 38.1 Å². The number of nitrogens with zero attached hydrogens (tertiary/aromatic N) is 1. The van der Waals surface area contributed by atoms with Gasteiger partial charge in [-0.25, -0.2) is 0 Å². The number of benzene rings is 1. The molecule has 1 amide bonds. The van der Waals surface area contributed by atoms with Crippen LogP contribution in [-0.4, -0.2) is 29.3 Å². The maximum Gasteiger partial charge on any atom is 0.238 e. The van der Waals surface area contributed by atoms with Crippen LogP contribution in [0.15, 0.2) is 24.3 Å². The fourth-order valence-corrected chi connectivity index (χ4v) is 1.97. The van der Waals surface area contributed by atoms with E-state index in [1.807, 2.05) is 12.1 Å². The Kier molecular flexibility index (Phi) is 6.89. The van der Waals surface area contributed by atoms with Crippen LogP contribution in [0.5, 0.6) is 0 Å². The second kappa shape index (κ2) is 8.18. The first-order valence-electron chi connectivity index (χ1n) is 6.79. The summed E-state index contributed by atoms with van der Waals surface area (Å²) in [4.78, 5) is 13.9. The highest BCUT2D eigenvalue weighted by molar-refractivity contribution is 6.30. The second-order valence-corrected chi connectivity index (χ2v) is 5.22. The van der Waals surface area contributed by atoms with Gasteiger partial charge in [-0.05, 0) is 31.1 Å². The summed E-state index contributed by atoms with van der Waals surface area (Å²) in [7, 11) is 0. The Morgan fingerprint density at radius 2 is 1.84 bits per heavy atom. The number of alkyl halides is 1. The molecule has 1 aromatic rings. The van der Waals surface area contributed by atoms with Gasteiger partial charge in [0.05, 0.1) is 0 Å². The number of nitrogens with one attached hydrogen (secondary N) is 1. The van der Waals surface area contributed by atoms with E-state index in [2.05, 4.69) is 36.2 Å². The number of carbonyl (C=O) groups is 1. The van der Waals surface area contributed by atoms with Crippen LogP contribution < -0.4 is 5.32 Å². The summed E-state index contributed by atoms with van der Waals surface area (Å²) in [5, 5.41) is 2.37. The van der Waals surface area contributed by atoms with Crippen molar-refractivity contribution < 1.29 is 4.79 Å². The number of hydrogen-bond acceptors (Lipinski definition) is 2. The molecule has 0 aromatic heterocycles. The first-order chi connectivity index (χ1) is 9.08. The van der Waals surface area contributed by atoms with Crippen LogP contribution in [0.25, 0.3) is 0 Å². The predicted molar refractivity (Wildman–Crippen MR) is 80.2 cm³/mol. The average Bonchev–Trinajstić information content (AvgIpc) is 2.42. The summed E-state index contributed by atoms with van der Waals surface area (Å²) >= 11 is 5.74. The van der Waals surface area contributed by atoms with Crippen LogP contribution in [0.2, 0.25) is 0 Å². The SMILES string of the molecule is CCN(CC)Cc1ccccc1CNC(=O)C(C)Cl. The zero-order valence-electron chi connectivity index (χ0n) is 11.9. The second-order valence-electron chi connectivity index (χ2n) is 4.56. The molecule has 0 aliphatic rings. The first-order valence-corrected chi connectivity index (χ1v) is 7.23. The van der Waals surface area contributed by atoms with Crippen molar-refractivity contribution in [3.8, 4) is 0 Å². The number of hydrogen-bond donors (Lipinski definition) is 1. The summed E-state index contributed by atoms with van der Waals surface area (Å²) in [6.07, 6.45) is 0. The minimum atomic E-state index is -0.491. The molecule has 106 valence electrons. The Morgan fingerprint density at radius 3 is 2.37 bits per heavy atom. The molecule has 1 aromatic carbocycles. The lowest BCUT2D eigenvalue weighted by Gasteiger charge is -2.20. The molecule has 4 heteroatoms. The minimum Gasteiger partial charge on any atom is -0.351 e.